The summed E-state index contributed by atoms with van der Waals surface area (Å²) in [5.41, 5.74) is 0.911. The van der Waals surface area contributed by atoms with Crippen LogP contribution in [0.1, 0.15) is 10.4 Å². The van der Waals surface area contributed by atoms with E-state index in [0.717, 1.165) is 35.2 Å². The Balaban J connectivity index is 1.33. The molecule has 11 heteroatoms. The van der Waals surface area contributed by atoms with E-state index < -0.39 is 12.8 Å². The number of nitrogens with one attached hydrogen (secondary N) is 1. The largest absolute Gasteiger partial charge is 0.491 e. The summed E-state index contributed by atoms with van der Waals surface area (Å²) in [5, 5.41) is 4.97. The average molecular weight is 532 g/mol. The number of morpholine rings is 1. The minimum Gasteiger partial charge on any atom is -0.491 e. The van der Waals surface area contributed by atoms with Crippen molar-refractivity contribution in [1.29, 1.82) is 0 Å². The number of thiazole rings is 1. The third-order valence-electron chi connectivity index (χ3n) is 5.84. The van der Waals surface area contributed by atoms with Gasteiger partial charge in [0.1, 0.15) is 18.1 Å². The standard InChI is InChI=1S/C26H24F3N3O4S/c27-26(28,29)16-36-19-5-6-21-23(15-19)37-25(30-21)31-24(33)20-13-17-3-1-2-4-18(17)14-22(20)35-12-9-32-7-10-34-11-8-32/h1-6,13-15H,7-12,16H2,(H,30,31,33). The molecule has 1 fully saturated rings. The maximum atomic E-state index is 13.3. The summed E-state index contributed by atoms with van der Waals surface area (Å²) < 4.78 is 54.3. The molecule has 1 aromatic heterocycles. The second-order valence-electron chi connectivity index (χ2n) is 8.50. The SMILES string of the molecule is O=C(Nc1nc2ccc(OCC(F)(F)F)cc2s1)c1cc2ccccc2cc1OCCN1CCOCC1. The maximum Gasteiger partial charge on any atom is 0.422 e. The van der Waals surface area contributed by atoms with Crippen molar-refractivity contribution in [3.05, 3.63) is 60.2 Å². The molecule has 1 saturated heterocycles. The van der Waals surface area contributed by atoms with Crippen LogP contribution < -0.4 is 14.8 Å². The van der Waals surface area contributed by atoms with Gasteiger partial charge in [-0.05, 0) is 41.1 Å². The van der Waals surface area contributed by atoms with Crippen molar-refractivity contribution in [1.82, 2.24) is 9.88 Å². The van der Waals surface area contributed by atoms with Crippen molar-refractivity contribution >= 4 is 43.4 Å². The van der Waals surface area contributed by atoms with Gasteiger partial charge in [0.25, 0.3) is 5.91 Å². The number of aromatic nitrogens is 1. The first-order valence-electron chi connectivity index (χ1n) is 11.7. The molecule has 2 heterocycles. The second-order valence-corrected chi connectivity index (χ2v) is 9.54. The molecule has 5 rings (SSSR count). The lowest BCUT2D eigenvalue weighted by atomic mass is 10.1. The van der Waals surface area contributed by atoms with Crippen LogP contribution in [-0.4, -0.2) is 68.0 Å². The van der Waals surface area contributed by atoms with Gasteiger partial charge in [-0.25, -0.2) is 4.98 Å². The van der Waals surface area contributed by atoms with Crippen LogP contribution in [0.25, 0.3) is 21.0 Å². The quantitative estimate of drug-likeness (QED) is 0.330. The minimum atomic E-state index is -4.43. The highest BCUT2D eigenvalue weighted by molar-refractivity contribution is 7.22. The number of benzene rings is 3. The van der Waals surface area contributed by atoms with Gasteiger partial charge >= 0.3 is 6.18 Å². The predicted molar refractivity (Wildman–Crippen MR) is 136 cm³/mol. The van der Waals surface area contributed by atoms with E-state index in [4.69, 9.17) is 14.2 Å². The molecule has 1 amide bonds. The van der Waals surface area contributed by atoms with Crippen LogP contribution in [-0.2, 0) is 4.74 Å². The summed E-state index contributed by atoms with van der Waals surface area (Å²) in [6, 6.07) is 15.8. The second kappa shape index (κ2) is 10.9. The zero-order valence-electron chi connectivity index (χ0n) is 19.7. The van der Waals surface area contributed by atoms with Gasteiger partial charge in [0.15, 0.2) is 11.7 Å². The normalized spacial score (nSPS) is 14.7. The predicted octanol–water partition coefficient (Wildman–Crippen LogP) is 5.35. The Morgan fingerprint density at radius 1 is 1.05 bits per heavy atom. The van der Waals surface area contributed by atoms with E-state index in [2.05, 4.69) is 15.2 Å². The molecular weight excluding hydrogens is 507 g/mol. The maximum absolute atomic E-state index is 13.3. The van der Waals surface area contributed by atoms with Crippen LogP contribution in [0.4, 0.5) is 18.3 Å². The summed E-state index contributed by atoms with van der Waals surface area (Å²) in [7, 11) is 0. The number of carbonyl (C=O) groups excluding carboxylic acids is 1. The molecule has 37 heavy (non-hydrogen) atoms. The number of amides is 1. The van der Waals surface area contributed by atoms with Crippen molar-refractivity contribution in [3.8, 4) is 11.5 Å². The molecular formula is C26H24F3N3O4S. The summed E-state index contributed by atoms with van der Waals surface area (Å²) in [5.74, 6) is 0.157. The first-order valence-corrected chi connectivity index (χ1v) is 12.5. The topological polar surface area (TPSA) is 72.9 Å². The van der Waals surface area contributed by atoms with Crippen LogP contribution in [0.2, 0.25) is 0 Å². The molecule has 3 aromatic carbocycles. The number of ether oxygens (including phenoxy) is 3. The highest BCUT2D eigenvalue weighted by atomic mass is 32.1. The zero-order chi connectivity index (χ0) is 25.8. The van der Waals surface area contributed by atoms with Crippen LogP contribution in [0.15, 0.2) is 54.6 Å². The summed E-state index contributed by atoms with van der Waals surface area (Å²) >= 11 is 1.15. The summed E-state index contributed by atoms with van der Waals surface area (Å²) in [4.78, 5) is 19.9. The first-order chi connectivity index (χ1) is 17.8. The van der Waals surface area contributed by atoms with E-state index in [-0.39, 0.29) is 11.7 Å². The Hall–Kier alpha value is -3.41. The highest BCUT2D eigenvalue weighted by Gasteiger charge is 2.28. The minimum absolute atomic E-state index is 0.0804. The summed E-state index contributed by atoms with van der Waals surface area (Å²) in [6.45, 7) is 2.83. The number of halogens is 3. The molecule has 0 bridgehead atoms. The molecule has 1 aliphatic heterocycles. The van der Waals surface area contributed by atoms with Crippen molar-refractivity contribution in [2.45, 2.75) is 6.18 Å². The van der Waals surface area contributed by atoms with E-state index in [1.165, 1.54) is 12.1 Å². The fourth-order valence-corrected chi connectivity index (χ4v) is 4.89. The highest BCUT2D eigenvalue weighted by Crippen LogP contribution is 2.32. The lowest BCUT2D eigenvalue weighted by molar-refractivity contribution is -0.153. The zero-order valence-corrected chi connectivity index (χ0v) is 20.5. The molecule has 0 unspecified atom stereocenters. The van der Waals surface area contributed by atoms with Gasteiger partial charge in [-0.2, -0.15) is 13.2 Å². The number of alkyl halides is 3. The Bertz CT molecular complexity index is 1400. The third kappa shape index (κ3) is 6.48. The van der Waals surface area contributed by atoms with E-state index >= 15 is 0 Å². The molecule has 0 spiro atoms. The number of hydrogen-bond acceptors (Lipinski definition) is 7. The number of anilines is 1. The van der Waals surface area contributed by atoms with Gasteiger partial charge in [-0.1, -0.05) is 35.6 Å². The van der Waals surface area contributed by atoms with Crippen LogP contribution in [0, 0.1) is 0 Å². The Morgan fingerprint density at radius 3 is 2.57 bits per heavy atom. The van der Waals surface area contributed by atoms with Crippen molar-refractivity contribution in [3.63, 3.8) is 0 Å². The number of hydrogen-bond donors (Lipinski definition) is 1. The molecule has 0 aliphatic carbocycles. The summed E-state index contributed by atoms with van der Waals surface area (Å²) in [6.07, 6.45) is -4.43. The smallest absolute Gasteiger partial charge is 0.422 e. The van der Waals surface area contributed by atoms with Gasteiger partial charge in [-0.3, -0.25) is 15.0 Å². The lowest BCUT2D eigenvalue weighted by Crippen LogP contribution is -2.38. The molecule has 0 atom stereocenters. The van der Waals surface area contributed by atoms with E-state index in [1.807, 2.05) is 30.3 Å². The van der Waals surface area contributed by atoms with Crippen LogP contribution in [0.3, 0.4) is 0 Å². The molecule has 0 saturated carbocycles. The van der Waals surface area contributed by atoms with Gasteiger partial charge in [-0.15, -0.1) is 0 Å². The number of rotatable bonds is 8. The van der Waals surface area contributed by atoms with E-state index in [0.29, 0.717) is 53.0 Å². The molecule has 7 nitrogen and oxygen atoms in total. The van der Waals surface area contributed by atoms with Gasteiger partial charge in [0.05, 0.1) is 29.0 Å². The molecule has 1 aliphatic rings. The van der Waals surface area contributed by atoms with Crippen molar-refractivity contribution < 1.29 is 32.2 Å². The first kappa shape index (κ1) is 25.2. The number of fused-ring (bicyclic) bond motifs is 2. The number of nitrogens with zero attached hydrogens (tertiary/aromatic N) is 2. The molecule has 194 valence electrons. The molecule has 4 aromatic rings. The third-order valence-corrected chi connectivity index (χ3v) is 6.78. The monoisotopic (exact) mass is 531 g/mol. The molecule has 0 radical (unpaired) electrons. The molecule has 1 N–H and O–H groups in total. The van der Waals surface area contributed by atoms with Crippen molar-refractivity contribution in [2.75, 3.05) is 51.4 Å². The van der Waals surface area contributed by atoms with E-state index in [9.17, 15) is 18.0 Å². The Morgan fingerprint density at radius 2 is 1.81 bits per heavy atom. The lowest BCUT2D eigenvalue weighted by Gasteiger charge is -2.26. The van der Waals surface area contributed by atoms with Gasteiger partial charge in [0, 0.05) is 19.6 Å². The van der Waals surface area contributed by atoms with Gasteiger partial charge in [0.2, 0.25) is 0 Å². The van der Waals surface area contributed by atoms with Crippen molar-refractivity contribution in [2.24, 2.45) is 0 Å². The fourth-order valence-electron chi connectivity index (χ4n) is 4.00. The Kier molecular flexibility index (Phi) is 7.45. The fraction of sp³-hybridized carbons (Fsp3) is 0.308. The van der Waals surface area contributed by atoms with Crippen LogP contribution in [0.5, 0.6) is 11.5 Å². The number of carbonyl (C=O) groups is 1. The van der Waals surface area contributed by atoms with Gasteiger partial charge < -0.3 is 14.2 Å². The van der Waals surface area contributed by atoms with E-state index in [1.54, 1.807) is 12.1 Å². The Labute approximate surface area is 214 Å². The average Bonchev–Trinajstić information content (AvgIpc) is 3.28. The van der Waals surface area contributed by atoms with Crippen LogP contribution >= 0.6 is 11.3 Å².